The van der Waals surface area contributed by atoms with E-state index in [4.69, 9.17) is 10.5 Å². The Morgan fingerprint density at radius 1 is 0.900 bits per heavy atom. The summed E-state index contributed by atoms with van der Waals surface area (Å²) in [5.74, 6) is -4.31. The monoisotopic (exact) mass is 403 g/mol. The second-order valence-corrected chi connectivity index (χ2v) is 7.26. The molecule has 4 N–H and O–H groups in total. The number of para-hydroxylation sites is 1. The summed E-state index contributed by atoms with van der Waals surface area (Å²) in [6.07, 6.45) is 0. The van der Waals surface area contributed by atoms with Gasteiger partial charge in [0, 0.05) is 11.5 Å². The number of aliphatic carboxylic acids is 1. The van der Waals surface area contributed by atoms with Gasteiger partial charge in [-0.3, -0.25) is 9.59 Å². The minimum atomic E-state index is -1.63. The van der Waals surface area contributed by atoms with Gasteiger partial charge in [0.2, 0.25) is 0 Å². The summed E-state index contributed by atoms with van der Waals surface area (Å²) in [6.45, 7) is 0.00410. The van der Waals surface area contributed by atoms with E-state index in [1.165, 1.54) is 12.1 Å². The standard InChI is InChI=1S/C24H21NO5/c25-22(18-11-5-6-12-20(18)26)21(23(27)28)24(29)30-13-19-16-9-3-1-7-14(16)15-8-2-4-10-17(15)19/h1-12,19,21-22,26H,13,25H2,(H,27,28). The van der Waals surface area contributed by atoms with Gasteiger partial charge in [-0.1, -0.05) is 66.7 Å². The molecule has 0 aliphatic heterocycles. The van der Waals surface area contributed by atoms with Crippen molar-refractivity contribution < 1.29 is 24.5 Å². The maximum absolute atomic E-state index is 12.7. The molecule has 2 atom stereocenters. The zero-order valence-electron chi connectivity index (χ0n) is 16.1. The van der Waals surface area contributed by atoms with Crippen LogP contribution in [0.3, 0.4) is 0 Å². The average molecular weight is 403 g/mol. The first kappa shape index (κ1) is 19.7. The molecular formula is C24H21NO5. The van der Waals surface area contributed by atoms with Crippen LogP contribution in [-0.2, 0) is 14.3 Å². The summed E-state index contributed by atoms with van der Waals surface area (Å²) < 4.78 is 5.46. The number of aromatic hydroxyl groups is 1. The molecule has 0 saturated carbocycles. The summed E-state index contributed by atoms with van der Waals surface area (Å²) in [5.41, 5.74) is 10.4. The van der Waals surface area contributed by atoms with Gasteiger partial charge in [0.25, 0.3) is 0 Å². The molecule has 0 amide bonds. The second-order valence-electron chi connectivity index (χ2n) is 7.26. The first-order valence-electron chi connectivity index (χ1n) is 9.60. The molecule has 6 heteroatoms. The van der Waals surface area contributed by atoms with E-state index in [1.54, 1.807) is 12.1 Å². The zero-order chi connectivity index (χ0) is 21.3. The van der Waals surface area contributed by atoms with Crippen LogP contribution in [0, 0.1) is 5.92 Å². The number of ether oxygens (including phenoxy) is 1. The van der Waals surface area contributed by atoms with Crippen LogP contribution in [-0.4, -0.2) is 28.8 Å². The van der Waals surface area contributed by atoms with E-state index in [9.17, 15) is 19.8 Å². The number of carbonyl (C=O) groups excluding carboxylic acids is 1. The third kappa shape index (κ3) is 3.42. The van der Waals surface area contributed by atoms with Crippen molar-refractivity contribution in [3.63, 3.8) is 0 Å². The minimum absolute atomic E-state index is 0.00410. The second kappa shape index (κ2) is 8.00. The van der Waals surface area contributed by atoms with E-state index in [0.29, 0.717) is 0 Å². The number of hydrogen-bond donors (Lipinski definition) is 3. The largest absolute Gasteiger partial charge is 0.508 e. The highest BCUT2D eigenvalue weighted by atomic mass is 16.5. The van der Waals surface area contributed by atoms with Crippen molar-refractivity contribution in [2.45, 2.75) is 12.0 Å². The number of hydrogen-bond acceptors (Lipinski definition) is 5. The van der Waals surface area contributed by atoms with Gasteiger partial charge in [-0.05, 0) is 28.3 Å². The molecule has 0 saturated heterocycles. The van der Waals surface area contributed by atoms with Crippen LogP contribution in [0.4, 0.5) is 0 Å². The molecule has 2 unspecified atom stereocenters. The summed E-state index contributed by atoms with van der Waals surface area (Å²) >= 11 is 0. The minimum Gasteiger partial charge on any atom is -0.508 e. The topological polar surface area (TPSA) is 110 Å². The number of esters is 1. The van der Waals surface area contributed by atoms with Crippen molar-refractivity contribution in [1.82, 2.24) is 0 Å². The molecule has 4 rings (SSSR count). The van der Waals surface area contributed by atoms with E-state index in [-0.39, 0.29) is 23.8 Å². The molecule has 0 radical (unpaired) electrons. The Hall–Kier alpha value is -3.64. The van der Waals surface area contributed by atoms with Gasteiger partial charge < -0.3 is 20.7 Å². The molecule has 0 aromatic heterocycles. The lowest BCUT2D eigenvalue weighted by Crippen LogP contribution is -2.36. The number of phenols is 1. The van der Waals surface area contributed by atoms with Gasteiger partial charge in [0.1, 0.15) is 12.4 Å². The lowest BCUT2D eigenvalue weighted by atomic mass is 9.93. The van der Waals surface area contributed by atoms with E-state index in [2.05, 4.69) is 0 Å². The molecule has 0 bridgehead atoms. The van der Waals surface area contributed by atoms with Gasteiger partial charge >= 0.3 is 11.9 Å². The van der Waals surface area contributed by atoms with Crippen LogP contribution in [0.25, 0.3) is 11.1 Å². The number of rotatable bonds is 6. The van der Waals surface area contributed by atoms with Crippen molar-refractivity contribution in [1.29, 1.82) is 0 Å². The third-order valence-corrected chi connectivity index (χ3v) is 5.53. The van der Waals surface area contributed by atoms with Gasteiger partial charge in [-0.2, -0.15) is 0 Å². The molecule has 6 nitrogen and oxygen atoms in total. The number of carboxylic acids is 1. The summed E-state index contributed by atoms with van der Waals surface area (Å²) in [4.78, 5) is 24.5. The molecule has 3 aromatic rings. The van der Waals surface area contributed by atoms with Crippen LogP contribution >= 0.6 is 0 Å². The Morgan fingerprint density at radius 3 is 2.00 bits per heavy atom. The lowest BCUT2D eigenvalue weighted by molar-refractivity contribution is -0.160. The van der Waals surface area contributed by atoms with E-state index < -0.39 is 23.9 Å². The Labute approximate surface area is 173 Å². The van der Waals surface area contributed by atoms with E-state index in [1.807, 2.05) is 48.5 Å². The van der Waals surface area contributed by atoms with Crippen molar-refractivity contribution in [3.05, 3.63) is 89.5 Å². The maximum Gasteiger partial charge on any atom is 0.322 e. The number of carbonyl (C=O) groups is 2. The predicted molar refractivity (Wildman–Crippen MR) is 111 cm³/mol. The van der Waals surface area contributed by atoms with Gasteiger partial charge in [0.15, 0.2) is 5.92 Å². The molecule has 3 aromatic carbocycles. The molecule has 0 fully saturated rings. The number of phenolic OH excluding ortho intramolecular Hbond substituents is 1. The SMILES string of the molecule is NC(c1ccccc1O)C(C(=O)O)C(=O)OCC1c2ccccc2-c2ccccc21. The number of carboxylic acid groups (broad SMARTS) is 1. The molecule has 1 aliphatic rings. The number of benzene rings is 3. The predicted octanol–water partition coefficient (Wildman–Crippen LogP) is 3.45. The first-order valence-corrected chi connectivity index (χ1v) is 9.60. The summed E-state index contributed by atoms with van der Waals surface area (Å²) in [6, 6.07) is 20.6. The number of nitrogens with two attached hydrogens (primary N) is 1. The fourth-order valence-electron chi connectivity index (χ4n) is 4.04. The highest BCUT2D eigenvalue weighted by molar-refractivity contribution is 5.95. The van der Waals surface area contributed by atoms with Crippen molar-refractivity contribution in [3.8, 4) is 16.9 Å². The van der Waals surface area contributed by atoms with Crippen LogP contribution in [0.2, 0.25) is 0 Å². The zero-order valence-corrected chi connectivity index (χ0v) is 16.1. The van der Waals surface area contributed by atoms with E-state index >= 15 is 0 Å². The van der Waals surface area contributed by atoms with Gasteiger partial charge in [-0.15, -0.1) is 0 Å². The van der Waals surface area contributed by atoms with Gasteiger partial charge in [-0.25, -0.2) is 0 Å². The van der Waals surface area contributed by atoms with Crippen LogP contribution in [0.1, 0.15) is 28.7 Å². The third-order valence-electron chi connectivity index (χ3n) is 5.53. The Bertz CT molecular complexity index is 1060. The normalized spacial score (nSPS) is 14.4. The first-order chi connectivity index (χ1) is 14.5. The van der Waals surface area contributed by atoms with E-state index in [0.717, 1.165) is 22.3 Å². The Balaban J connectivity index is 1.56. The average Bonchev–Trinajstić information content (AvgIpc) is 3.06. The van der Waals surface area contributed by atoms with Crippen LogP contribution in [0.15, 0.2) is 72.8 Å². The maximum atomic E-state index is 12.7. The molecular weight excluding hydrogens is 382 g/mol. The summed E-state index contributed by atoms with van der Waals surface area (Å²) in [7, 11) is 0. The quantitative estimate of drug-likeness (QED) is 0.430. The smallest absolute Gasteiger partial charge is 0.322 e. The fraction of sp³-hybridized carbons (Fsp3) is 0.167. The molecule has 0 heterocycles. The highest BCUT2D eigenvalue weighted by Gasteiger charge is 2.37. The van der Waals surface area contributed by atoms with Crippen LogP contribution < -0.4 is 5.73 Å². The summed E-state index contributed by atoms with van der Waals surface area (Å²) in [5, 5.41) is 19.6. The Morgan fingerprint density at radius 2 is 1.43 bits per heavy atom. The van der Waals surface area contributed by atoms with Crippen molar-refractivity contribution in [2.24, 2.45) is 11.7 Å². The number of fused-ring (bicyclic) bond motifs is 3. The fourth-order valence-corrected chi connectivity index (χ4v) is 4.04. The Kier molecular flexibility index (Phi) is 5.25. The lowest BCUT2D eigenvalue weighted by Gasteiger charge is -2.21. The molecule has 30 heavy (non-hydrogen) atoms. The van der Waals surface area contributed by atoms with Crippen molar-refractivity contribution >= 4 is 11.9 Å². The van der Waals surface area contributed by atoms with Crippen LogP contribution in [0.5, 0.6) is 5.75 Å². The molecule has 0 spiro atoms. The van der Waals surface area contributed by atoms with Crippen molar-refractivity contribution in [2.75, 3.05) is 6.61 Å². The molecule has 1 aliphatic carbocycles. The highest BCUT2D eigenvalue weighted by Crippen LogP contribution is 2.44. The van der Waals surface area contributed by atoms with Gasteiger partial charge in [0.05, 0.1) is 6.04 Å². The molecule has 152 valence electrons.